The fourth-order valence-corrected chi connectivity index (χ4v) is 4.76. The van der Waals surface area contributed by atoms with Crippen LogP contribution < -0.4 is 16.2 Å². The van der Waals surface area contributed by atoms with Crippen molar-refractivity contribution in [1.82, 2.24) is 19.6 Å². The monoisotopic (exact) mass is 446 g/mol. The molecule has 10 heteroatoms. The Morgan fingerprint density at radius 2 is 2.00 bits per heavy atom. The number of carbonyl (C=O) groups is 1. The molecule has 2 heterocycles. The average Bonchev–Trinajstić information content (AvgIpc) is 3.26. The van der Waals surface area contributed by atoms with Crippen LogP contribution in [-0.2, 0) is 11.8 Å². The third-order valence-electron chi connectivity index (χ3n) is 4.66. The maximum absolute atomic E-state index is 12.9. The number of para-hydroxylation sites is 1. The lowest BCUT2D eigenvalue weighted by Crippen LogP contribution is -2.27. The lowest BCUT2D eigenvalue weighted by atomic mass is 10.3. The van der Waals surface area contributed by atoms with Crippen molar-refractivity contribution in [2.75, 3.05) is 17.2 Å². The molecular formula is C20H26N6O2S2. The van der Waals surface area contributed by atoms with E-state index in [0.29, 0.717) is 10.0 Å². The van der Waals surface area contributed by atoms with Crippen molar-refractivity contribution < 1.29 is 4.79 Å². The third-order valence-corrected chi connectivity index (χ3v) is 6.73. The Morgan fingerprint density at radius 1 is 1.27 bits per heavy atom. The number of nitrogens with zero attached hydrogens (tertiary/aromatic N) is 4. The van der Waals surface area contributed by atoms with Gasteiger partial charge in [0, 0.05) is 13.6 Å². The first-order valence-corrected chi connectivity index (χ1v) is 11.5. The number of thioether (sulfide) groups is 1. The molecule has 0 spiro atoms. The van der Waals surface area contributed by atoms with Crippen LogP contribution >= 0.6 is 23.1 Å². The van der Waals surface area contributed by atoms with Crippen LogP contribution in [0.1, 0.15) is 32.4 Å². The van der Waals surface area contributed by atoms with Crippen molar-refractivity contribution in [2.45, 2.75) is 43.2 Å². The first-order chi connectivity index (χ1) is 14.4. The van der Waals surface area contributed by atoms with Gasteiger partial charge < -0.3 is 10.6 Å². The maximum Gasteiger partial charge on any atom is 0.295 e. The minimum Gasteiger partial charge on any atom is -0.360 e. The molecule has 1 aromatic carbocycles. The molecule has 3 rings (SSSR count). The Bertz CT molecular complexity index is 1060. The van der Waals surface area contributed by atoms with E-state index in [4.69, 9.17) is 0 Å². The molecule has 0 saturated carbocycles. The molecule has 0 aliphatic carbocycles. The third kappa shape index (κ3) is 4.93. The first-order valence-electron chi connectivity index (χ1n) is 9.81. The van der Waals surface area contributed by atoms with Crippen molar-refractivity contribution >= 4 is 39.8 Å². The number of anilines is 2. The quantitative estimate of drug-likeness (QED) is 0.385. The fourth-order valence-electron chi connectivity index (χ4n) is 2.84. The fraction of sp³-hybridized carbons (Fsp3) is 0.400. The molecule has 2 aromatic heterocycles. The Morgan fingerprint density at radius 3 is 2.70 bits per heavy atom. The summed E-state index contributed by atoms with van der Waals surface area (Å²) in [5, 5.41) is 14.6. The summed E-state index contributed by atoms with van der Waals surface area (Å²) in [5.74, 6) is -0.248. The van der Waals surface area contributed by atoms with Gasteiger partial charge in [-0.2, -0.15) is 0 Å². The van der Waals surface area contributed by atoms with Crippen LogP contribution in [-0.4, -0.2) is 37.3 Å². The highest BCUT2D eigenvalue weighted by atomic mass is 32.2. The predicted molar refractivity (Wildman–Crippen MR) is 123 cm³/mol. The van der Waals surface area contributed by atoms with E-state index in [1.807, 2.05) is 37.3 Å². The molecule has 1 unspecified atom stereocenters. The topological polar surface area (TPSA) is 93.8 Å². The van der Waals surface area contributed by atoms with Crippen molar-refractivity contribution in [3.63, 3.8) is 0 Å². The molecular weight excluding hydrogens is 420 g/mol. The summed E-state index contributed by atoms with van der Waals surface area (Å²) in [6, 6.07) is 9.34. The largest absolute Gasteiger partial charge is 0.360 e. The van der Waals surface area contributed by atoms with E-state index in [-0.39, 0.29) is 17.2 Å². The predicted octanol–water partition coefficient (Wildman–Crippen LogP) is 3.67. The Kier molecular flexibility index (Phi) is 7.33. The number of hydrogen-bond donors (Lipinski definition) is 2. The van der Waals surface area contributed by atoms with Crippen molar-refractivity contribution in [2.24, 2.45) is 7.05 Å². The zero-order chi connectivity index (χ0) is 21.7. The van der Waals surface area contributed by atoms with Crippen LogP contribution in [0.4, 0.5) is 10.8 Å². The summed E-state index contributed by atoms with van der Waals surface area (Å²) in [6.07, 6.45) is 2.17. The second-order valence-corrected chi connectivity index (χ2v) is 9.40. The van der Waals surface area contributed by atoms with Gasteiger partial charge in [0.1, 0.15) is 5.69 Å². The van der Waals surface area contributed by atoms with Crippen LogP contribution in [0.15, 0.2) is 39.5 Å². The SMILES string of the molecule is CCCCNc1nnc(SC(C)C(=O)Nc2c(C)n(C)n(-c3ccccc3)c2=O)s1. The van der Waals surface area contributed by atoms with Crippen LogP contribution in [0, 0.1) is 6.92 Å². The minimum atomic E-state index is -0.425. The molecule has 0 aliphatic heterocycles. The van der Waals surface area contributed by atoms with Crippen LogP contribution in [0.2, 0.25) is 0 Å². The van der Waals surface area contributed by atoms with E-state index in [2.05, 4.69) is 27.8 Å². The molecule has 30 heavy (non-hydrogen) atoms. The lowest BCUT2D eigenvalue weighted by Gasteiger charge is -2.09. The molecule has 0 bridgehead atoms. The number of rotatable bonds is 9. The number of carbonyl (C=O) groups excluding carboxylic acids is 1. The van der Waals surface area contributed by atoms with Crippen LogP contribution in [0.5, 0.6) is 0 Å². The summed E-state index contributed by atoms with van der Waals surface area (Å²) in [7, 11) is 1.80. The van der Waals surface area contributed by atoms with E-state index in [1.165, 1.54) is 23.1 Å². The second kappa shape index (κ2) is 9.94. The van der Waals surface area contributed by atoms with E-state index >= 15 is 0 Å². The van der Waals surface area contributed by atoms with Gasteiger partial charge in [-0.05, 0) is 32.4 Å². The van der Waals surface area contributed by atoms with Gasteiger partial charge in [0.05, 0.1) is 16.6 Å². The molecule has 3 aromatic rings. The molecule has 0 saturated heterocycles. The van der Waals surface area contributed by atoms with E-state index < -0.39 is 5.25 Å². The summed E-state index contributed by atoms with van der Waals surface area (Å²) in [5.41, 5.74) is 1.46. The zero-order valence-electron chi connectivity index (χ0n) is 17.5. The minimum absolute atomic E-state index is 0.248. The van der Waals surface area contributed by atoms with E-state index in [0.717, 1.165) is 30.2 Å². The van der Waals surface area contributed by atoms with Crippen molar-refractivity contribution in [3.8, 4) is 5.69 Å². The molecule has 0 fully saturated rings. The number of unbranched alkanes of at least 4 members (excludes halogenated alkanes) is 1. The Labute approximate surface area is 183 Å². The summed E-state index contributed by atoms with van der Waals surface area (Å²) in [6.45, 7) is 6.59. The molecule has 1 amide bonds. The van der Waals surface area contributed by atoms with Gasteiger partial charge in [0.15, 0.2) is 4.34 Å². The lowest BCUT2D eigenvalue weighted by molar-refractivity contribution is -0.115. The smallest absolute Gasteiger partial charge is 0.295 e. The van der Waals surface area contributed by atoms with Gasteiger partial charge in [-0.25, -0.2) is 4.68 Å². The van der Waals surface area contributed by atoms with Gasteiger partial charge >= 0.3 is 0 Å². The molecule has 8 nitrogen and oxygen atoms in total. The summed E-state index contributed by atoms with van der Waals surface area (Å²) >= 11 is 2.75. The number of nitrogens with one attached hydrogen (secondary N) is 2. The normalized spacial score (nSPS) is 12.0. The van der Waals surface area contributed by atoms with Crippen LogP contribution in [0.3, 0.4) is 0 Å². The molecule has 0 aliphatic rings. The second-order valence-electron chi connectivity index (χ2n) is 6.84. The highest BCUT2D eigenvalue weighted by molar-refractivity contribution is 8.02. The van der Waals surface area contributed by atoms with Crippen molar-refractivity contribution in [3.05, 3.63) is 46.4 Å². The van der Waals surface area contributed by atoms with E-state index in [1.54, 1.807) is 23.3 Å². The van der Waals surface area contributed by atoms with Gasteiger partial charge in [0.2, 0.25) is 11.0 Å². The first kappa shape index (κ1) is 22.1. The number of amides is 1. The van der Waals surface area contributed by atoms with Gasteiger partial charge in [-0.1, -0.05) is 54.6 Å². The standard InChI is InChI=1S/C20H26N6O2S2/c1-5-6-12-21-19-23-24-20(30-19)29-14(3)17(27)22-16-13(2)25(4)26(18(16)28)15-10-8-7-9-11-15/h7-11,14H,5-6,12H2,1-4H3,(H,21,23)(H,22,27). The van der Waals surface area contributed by atoms with Gasteiger partial charge in [0.25, 0.3) is 5.56 Å². The van der Waals surface area contributed by atoms with Crippen molar-refractivity contribution in [1.29, 1.82) is 0 Å². The van der Waals surface area contributed by atoms with Crippen LogP contribution in [0.25, 0.3) is 5.69 Å². The summed E-state index contributed by atoms with van der Waals surface area (Å²) < 4.78 is 3.99. The Balaban J connectivity index is 1.69. The van der Waals surface area contributed by atoms with E-state index in [9.17, 15) is 9.59 Å². The molecule has 0 radical (unpaired) electrons. The maximum atomic E-state index is 12.9. The number of benzene rings is 1. The molecule has 2 N–H and O–H groups in total. The molecule has 160 valence electrons. The van der Waals surface area contributed by atoms with Gasteiger partial charge in [-0.15, -0.1) is 10.2 Å². The average molecular weight is 447 g/mol. The summed E-state index contributed by atoms with van der Waals surface area (Å²) in [4.78, 5) is 25.7. The molecule has 1 atom stereocenters. The highest BCUT2D eigenvalue weighted by Crippen LogP contribution is 2.29. The number of aromatic nitrogens is 4. The Hall–Kier alpha value is -2.59. The zero-order valence-corrected chi connectivity index (χ0v) is 19.1. The van der Waals surface area contributed by atoms with Gasteiger partial charge in [-0.3, -0.25) is 14.3 Å². The highest BCUT2D eigenvalue weighted by Gasteiger charge is 2.22. The number of hydrogen-bond acceptors (Lipinski definition) is 7.